The van der Waals surface area contributed by atoms with Crippen LogP contribution >= 0.6 is 35.0 Å². The maximum Gasteiger partial charge on any atom is 0.251 e. The van der Waals surface area contributed by atoms with Crippen LogP contribution in [0.15, 0.2) is 41.3 Å². The number of aryl methyl sites for hydroxylation is 1. The number of hydrogen-bond donors (Lipinski definition) is 1. The molecule has 32 heavy (non-hydrogen) atoms. The van der Waals surface area contributed by atoms with Gasteiger partial charge in [-0.3, -0.25) is 4.79 Å². The lowest BCUT2D eigenvalue weighted by molar-refractivity contribution is 0.0955. The fourth-order valence-electron chi connectivity index (χ4n) is 3.56. The van der Waals surface area contributed by atoms with E-state index in [1.165, 1.54) is 10.4 Å². The van der Waals surface area contributed by atoms with Gasteiger partial charge in [0.1, 0.15) is 0 Å². The lowest BCUT2D eigenvalue weighted by Gasteiger charge is -2.29. The first kappa shape index (κ1) is 25.4. The van der Waals surface area contributed by atoms with Gasteiger partial charge in [0.25, 0.3) is 5.91 Å². The van der Waals surface area contributed by atoms with Crippen LogP contribution in [0.5, 0.6) is 0 Å². The van der Waals surface area contributed by atoms with Crippen molar-refractivity contribution in [2.24, 2.45) is 5.92 Å². The van der Waals surface area contributed by atoms with Crippen molar-refractivity contribution < 1.29 is 13.2 Å². The number of benzene rings is 2. The van der Waals surface area contributed by atoms with Crippen molar-refractivity contribution in [3.8, 4) is 0 Å². The summed E-state index contributed by atoms with van der Waals surface area (Å²) in [5.41, 5.74) is 2.01. The maximum atomic E-state index is 13.0. The summed E-state index contributed by atoms with van der Waals surface area (Å²) in [4.78, 5) is 12.9. The molecular weight excluding hydrogens is 487 g/mol. The monoisotopic (exact) mass is 514 g/mol. The van der Waals surface area contributed by atoms with E-state index in [1.54, 1.807) is 36.0 Å². The van der Waals surface area contributed by atoms with Crippen LogP contribution in [0.1, 0.15) is 41.3 Å². The van der Waals surface area contributed by atoms with Crippen molar-refractivity contribution in [2.45, 2.75) is 37.3 Å². The molecule has 0 saturated carbocycles. The zero-order valence-electron chi connectivity index (χ0n) is 18.2. The zero-order valence-corrected chi connectivity index (χ0v) is 21.4. The molecule has 1 N–H and O–H groups in total. The quantitative estimate of drug-likeness (QED) is 0.479. The van der Waals surface area contributed by atoms with Gasteiger partial charge in [0.05, 0.1) is 4.90 Å². The smallest absolute Gasteiger partial charge is 0.251 e. The summed E-state index contributed by atoms with van der Waals surface area (Å²) in [5, 5.41) is 4.15. The molecular formula is C23H28Cl2N2O3S2. The van der Waals surface area contributed by atoms with Crippen molar-refractivity contribution in [1.29, 1.82) is 0 Å². The molecule has 1 aliphatic rings. The molecule has 3 rings (SSSR count). The van der Waals surface area contributed by atoms with Crippen molar-refractivity contribution >= 4 is 50.9 Å². The van der Waals surface area contributed by atoms with E-state index in [4.69, 9.17) is 23.2 Å². The summed E-state index contributed by atoms with van der Waals surface area (Å²) >= 11 is 14.0. The number of piperidine rings is 1. The van der Waals surface area contributed by atoms with Gasteiger partial charge in [-0.1, -0.05) is 42.3 Å². The summed E-state index contributed by atoms with van der Waals surface area (Å²) in [7, 11) is -3.60. The molecule has 0 bridgehead atoms. The summed E-state index contributed by atoms with van der Waals surface area (Å²) in [6.07, 6.45) is 1.71. The van der Waals surface area contributed by atoms with E-state index < -0.39 is 10.0 Å². The van der Waals surface area contributed by atoms with Crippen LogP contribution in [-0.2, 0) is 15.8 Å². The Kier molecular flexibility index (Phi) is 8.92. The van der Waals surface area contributed by atoms with Crippen LogP contribution < -0.4 is 5.32 Å². The number of hydrogen-bond acceptors (Lipinski definition) is 4. The molecule has 1 fully saturated rings. The third-order valence-corrected chi connectivity index (χ3v) is 9.26. The molecule has 0 atom stereocenters. The Morgan fingerprint density at radius 1 is 1.16 bits per heavy atom. The molecule has 0 spiro atoms. The molecule has 0 aromatic heterocycles. The van der Waals surface area contributed by atoms with Crippen molar-refractivity contribution in [2.75, 3.05) is 25.4 Å². The highest BCUT2D eigenvalue weighted by atomic mass is 35.5. The Balaban J connectivity index is 1.58. The Bertz CT molecular complexity index is 1050. The second kappa shape index (κ2) is 11.3. The minimum atomic E-state index is -3.60. The van der Waals surface area contributed by atoms with Crippen molar-refractivity contribution in [1.82, 2.24) is 9.62 Å². The Morgan fingerprint density at radius 3 is 2.47 bits per heavy atom. The first-order chi connectivity index (χ1) is 15.2. The van der Waals surface area contributed by atoms with Gasteiger partial charge in [-0.25, -0.2) is 8.42 Å². The van der Waals surface area contributed by atoms with E-state index in [0.717, 1.165) is 24.0 Å². The molecule has 2 aromatic rings. The maximum absolute atomic E-state index is 13.0. The number of nitrogens with zero attached hydrogens (tertiary/aromatic N) is 1. The molecule has 1 aliphatic heterocycles. The highest BCUT2D eigenvalue weighted by molar-refractivity contribution is 7.98. The molecule has 1 amide bonds. The second-order valence-electron chi connectivity index (χ2n) is 8.07. The predicted molar refractivity (Wildman–Crippen MR) is 133 cm³/mol. The molecule has 5 nitrogen and oxygen atoms in total. The summed E-state index contributed by atoms with van der Waals surface area (Å²) in [6.45, 7) is 5.44. The average Bonchev–Trinajstić information content (AvgIpc) is 2.75. The topological polar surface area (TPSA) is 66.5 Å². The van der Waals surface area contributed by atoms with Gasteiger partial charge in [-0.15, -0.1) is 0 Å². The predicted octanol–water partition coefficient (Wildman–Crippen LogP) is 5.39. The summed E-state index contributed by atoms with van der Waals surface area (Å²) < 4.78 is 27.6. The number of carbonyl (C=O) groups excluding carboxylic acids is 1. The zero-order chi connectivity index (χ0) is 23.3. The standard InChI is InChI=1S/C23H28Cl2N2O3S2/c1-16-8-11-27(12-9-16)32(29,30)18-7-6-17(2)19(14-18)23(28)26-10-13-31-15-20-21(24)4-3-5-22(20)25/h3-7,14,16H,8-13,15H2,1-2H3,(H,26,28). The third-order valence-electron chi connectivity index (χ3n) is 5.67. The Morgan fingerprint density at radius 2 is 1.81 bits per heavy atom. The Hall–Kier alpha value is -1.25. The van der Waals surface area contributed by atoms with Crippen molar-refractivity contribution in [3.05, 3.63) is 63.1 Å². The average molecular weight is 516 g/mol. The summed E-state index contributed by atoms with van der Waals surface area (Å²) in [5.74, 6) is 1.59. The van der Waals surface area contributed by atoms with Crippen LogP contribution in [0.2, 0.25) is 10.0 Å². The third kappa shape index (κ3) is 6.20. The highest BCUT2D eigenvalue weighted by Gasteiger charge is 2.28. The number of halogens is 2. The number of nitrogens with one attached hydrogen (secondary N) is 1. The highest BCUT2D eigenvalue weighted by Crippen LogP contribution is 2.28. The van der Waals surface area contributed by atoms with Gasteiger partial charge in [0, 0.05) is 46.7 Å². The lowest BCUT2D eigenvalue weighted by Crippen LogP contribution is -2.38. The van der Waals surface area contributed by atoms with Crippen LogP contribution in [0.25, 0.3) is 0 Å². The summed E-state index contributed by atoms with van der Waals surface area (Å²) in [6, 6.07) is 10.2. The fraction of sp³-hybridized carbons (Fsp3) is 0.435. The molecule has 174 valence electrons. The van der Waals surface area contributed by atoms with E-state index in [1.807, 2.05) is 13.0 Å². The van der Waals surface area contributed by atoms with Gasteiger partial charge < -0.3 is 5.32 Å². The van der Waals surface area contributed by atoms with E-state index in [2.05, 4.69) is 12.2 Å². The van der Waals surface area contributed by atoms with Crippen molar-refractivity contribution in [3.63, 3.8) is 0 Å². The SMILES string of the molecule is Cc1ccc(S(=O)(=O)N2CCC(C)CC2)cc1C(=O)NCCSCc1c(Cl)cccc1Cl. The van der Waals surface area contributed by atoms with E-state index in [-0.39, 0.29) is 10.8 Å². The van der Waals surface area contributed by atoms with Crippen LogP contribution in [0.3, 0.4) is 0 Å². The molecule has 1 heterocycles. The molecule has 0 unspecified atom stereocenters. The van der Waals surface area contributed by atoms with E-state index in [9.17, 15) is 13.2 Å². The lowest BCUT2D eigenvalue weighted by atomic mass is 10.0. The van der Waals surface area contributed by atoms with Gasteiger partial charge in [0.2, 0.25) is 10.0 Å². The molecule has 0 radical (unpaired) electrons. The van der Waals surface area contributed by atoms with Crippen LogP contribution in [-0.4, -0.2) is 44.0 Å². The fourth-order valence-corrected chi connectivity index (χ4v) is 6.65. The largest absolute Gasteiger partial charge is 0.351 e. The first-order valence-electron chi connectivity index (χ1n) is 10.6. The van der Waals surface area contributed by atoms with E-state index in [0.29, 0.717) is 52.7 Å². The molecule has 1 saturated heterocycles. The minimum absolute atomic E-state index is 0.172. The number of thioether (sulfide) groups is 1. The van der Waals surface area contributed by atoms with E-state index >= 15 is 0 Å². The first-order valence-corrected chi connectivity index (χ1v) is 13.9. The molecule has 9 heteroatoms. The second-order valence-corrected chi connectivity index (χ2v) is 11.9. The van der Waals surface area contributed by atoms with Crippen LogP contribution in [0, 0.1) is 12.8 Å². The number of carbonyl (C=O) groups is 1. The molecule has 2 aromatic carbocycles. The van der Waals surface area contributed by atoms with Gasteiger partial charge >= 0.3 is 0 Å². The minimum Gasteiger partial charge on any atom is -0.351 e. The number of amides is 1. The van der Waals surface area contributed by atoms with Gasteiger partial charge in [-0.05, 0) is 61.1 Å². The van der Waals surface area contributed by atoms with Gasteiger partial charge in [0.15, 0.2) is 0 Å². The van der Waals surface area contributed by atoms with Gasteiger partial charge in [-0.2, -0.15) is 16.1 Å². The molecule has 0 aliphatic carbocycles. The number of rotatable bonds is 8. The van der Waals surface area contributed by atoms with Crippen LogP contribution in [0.4, 0.5) is 0 Å². The Labute approximate surface area is 204 Å². The number of sulfonamides is 1. The normalized spacial score (nSPS) is 15.6.